The molecule has 1 aliphatic rings. The molecule has 19 heavy (non-hydrogen) atoms. The molecule has 0 aliphatic carbocycles. The van der Waals surface area contributed by atoms with Crippen LogP contribution in [0.2, 0.25) is 0 Å². The normalized spacial score (nSPS) is 19.1. The van der Waals surface area contributed by atoms with Crippen LogP contribution in [0.5, 0.6) is 0 Å². The van der Waals surface area contributed by atoms with Crippen LogP contribution in [0.15, 0.2) is 35.2 Å². The van der Waals surface area contributed by atoms with E-state index in [2.05, 4.69) is 17.4 Å². The molecule has 0 bridgehead atoms. The van der Waals surface area contributed by atoms with Crippen LogP contribution in [-0.4, -0.2) is 30.9 Å². The van der Waals surface area contributed by atoms with Gasteiger partial charge in [0.1, 0.15) is 6.10 Å². The molecule has 1 amide bonds. The summed E-state index contributed by atoms with van der Waals surface area (Å²) in [6.07, 6.45) is 3.82. The second-order valence-electron chi connectivity index (χ2n) is 4.66. The summed E-state index contributed by atoms with van der Waals surface area (Å²) < 4.78 is 5.45. The van der Waals surface area contributed by atoms with Crippen molar-refractivity contribution in [2.75, 3.05) is 18.9 Å². The summed E-state index contributed by atoms with van der Waals surface area (Å²) in [6, 6.07) is 10.3. The van der Waals surface area contributed by atoms with E-state index in [9.17, 15) is 4.79 Å². The summed E-state index contributed by atoms with van der Waals surface area (Å²) in [5.74, 6) is 1.08. The average molecular weight is 279 g/mol. The maximum atomic E-state index is 11.8. The Morgan fingerprint density at radius 2 is 2.16 bits per heavy atom. The fourth-order valence-electron chi connectivity index (χ4n) is 2.05. The number of carbonyl (C=O) groups is 1. The summed E-state index contributed by atoms with van der Waals surface area (Å²) in [7, 11) is 0. The van der Waals surface area contributed by atoms with E-state index in [1.165, 1.54) is 4.90 Å². The maximum Gasteiger partial charge on any atom is 0.249 e. The summed E-state index contributed by atoms with van der Waals surface area (Å²) >= 11 is 1.83. The molecule has 4 heteroatoms. The van der Waals surface area contributed by atoms with Crippen molar-refractivity contribution in [1.82, 2.24) is 5.32 Å². The van der Waals surface area contributed by atoms with Gasteiger partial charge in [0.25, 0.3) is 0 Å². The Kier molecular flexibility index (Phi) is 6.24. The van der Waals surface area contributed by atoms with Crippen LogP contribution < -0.4 is 5.32 Å². The molecule has 0 saturated carbocycles. The van der Waals surface area contributed by atoms with Gasteiger partial charge in [-0.15, -0.1) is 11.8 Å². The van der Waals surface area contributed by atoms with E-state index in [-0.39, 0.29) is 12.0 Å². The first-order chi connectivity index (χ1) is 9.36. The lowest BCUT2D eigenvalue weighted by molar-refractivity contribution is -0.135. The van der Waals surface area contributed by atoms with E-state index in [1.54, 1.807) is 0 Å². The molecular formula is C15H21NO2S. The Hall–Kier alpha value is -1.00. The van der Waals surface area contributed by atoms with Crippen molar-refractivity contribution in [1.29, 1.82) is 0 Å². The molecule has 1 saturated heterocycles. The summed E-state index contributed by atoms with van der Waals surface area (Å²) in [6.45, 7) is 1.46. The predicted molar refractivity (Wildman–Crippen MR) is 78.4 cm³/mol. The minimum absolute atomic E-state index is 0.0596. The Morgan fingerprint density at radius 1 is 1.32 bits per heavy atom. The molecule has 1 heterocycles. The molecule has 1 atom stereocenters. The SMILES string of the molecule is O=C(NCCCSc1ccccc1)[C@@H]1CCCCO1. The van der Waals surface area contributed by atoms with E-state index >= 15 is 0 Å². The molecule has 1 aliphatic heterocycles. The van der Waals surface area contributed by atoms with Crippen molar-refractivity contribution in [3.63, 3.8) is 0 Å². The van der Waals surface area contributed by atoms with Crippen LogP contribution in [0, 0.1) is 0 Å². The van der Waals surface area contributed by atoms with Crippen molar-refractivity contribution in [2.24, 2.45) is 0 Å². The van der Waals surface area contributed by atoms with Gasteiger partial charge in [-0.2, -0.15) is 0 Å². The number of thioether (sulfide) groups is 1. The smallest absolute Gasteiger partial charge is 0.249 e. The standard InChI is InChI=1S/C15H21NO2S/c17-15(14-9-4-5-11-18-14)16-10-6-12-19-13-7-2-1-3-8-13/h1-3,7-8,14H,4-6,9-12H2,(H,16,17)/t14-/m0/s1. The molecule has 104 valence electrons. The van der Waals surface area contributed by atoms with Crippen molar-refractivity contribution in [3.8, 4) is 0 Å². The highest BCUT2D eigenvalue weighted by molar-refractivity contribution is 7.99. The predicted octanol–water partition coefficient (Wildman–Crippen LogP) is 2.85. The quantitative estimate of drug-likeness (QED) is 0.643. The highest BCUT2D eigenvalue weighted by Crippen LogP contribution is 2.17. The fourth-order valence-corrected chi connectivity index (χ4v) is 2.93. The van der Waals surface area contributed by atoms with Gasteiger partial charge in [-0.1, -0.05) is 18.2 Å². The second-order valence-corrected chi connectivity index (χ2v) is 5.83. The third kappa shape index (κ3) is 5.25. The van der Waals surface area contributed by atoms with E-state index < -0.39 is 0 Å². The van der Waals surface area contributed by atoms with Gasteiger partial charge in [-0.3, -0.25) is 4.79 Å². The zero-order valence-electron chi connectivity index (χ0n) is 11.1. The number of carbonyl (C=O) groups excluding carboxylic acids is 1. The first kappa shape index (κ1) is 14.4. The van der Waals surface area contributed by atoms with Crippen molar-refractivity contribution < 1.29 is 9.53 Å². The monoisotopic (exact) mass is 279 g/mol. The van der Waals surface area contributed by atoms with E-state index in [0.29, 0.717) is 0 Å². The highest BCUT2D eigenvalue weighted by atomic mass is 32.2. The van der Waals surface area contributed by atoms with Gasteiger partial charge in [-0.25, -0.2) is 0 Å². The first-order valence-corrected chi connectivity index (χ1v) is 7.92. The maximum absolute atomic E-state index is 11.8. The fraction of sp³-hybridized carbons (Fsp3) is 0.533. The molecule has 1 N–H and O–H groups in total. The van der Waals surface area contributed by atoms with Gasteiger partial charge in [0.15, 0.2) is 0 Å². The Bertz CT molecular complexity index is 377. The van der Waals surface area contributed by atoms with Gasteiger partial charge in [0.2, 0.25) is 5.91 Å². The topological polar surface area (TPSA) is 38.3 Å². The van der Waals surface area contributed by atoms with Gasteiger partial charge >= 0.3 is 0 Å². The lowest BCUT2D eigenvalue weighted by atomic mass is 10.1. The molecule has 0 unspecified atom stereocenters. The molecule has 2 rings (SSSR count). The number of hydrogen-bond donors (Lipinski definition) is 1. The van der Waals surface area contributed by atoms with Crippen LogP contribution in [0.1, 0.15) is 25.7 Å². The largest absolute Gasteiger partial charge is 0.368 e. The van der Waals surface area contributed by atoms with Crippen LogP contribution in [-0.2, 0) is 9.53 Å². The van der Waals surface area contributed by atoms with Gasteiger partial charge in [-0.05, 0) is 43.6 Å². The van der Waals surface area contributed by atoms with Crippen LogP contribution >= 0.6 is 11.8 Å². The number of amides is 1. The Balaban J connectivity index is 1.55. The zero-order chi connectivity index (χ0) is 13.3. The lowest BCUT2D eigenvalue weighted by Crippen LogP contribution is -2.38. The zero-order valence-corrected chi connectivity index (χ0v) is 12.0. The molecule has 0 aromatic heterocycles. The Labute approximate surface area is 119 Å². The number of hydrogen-bond acceptors (Lipinski definition) is 3. The lowest BCUT2D eigenvalue weighted by Gasteiger charge is -2.21. The molecule has 0 radical (unpaired) electrons. The molecule has 1 fully saturated rings. The van der Waals surface area contributed by atoms with Crippen molar-refractivity contribution >= 4 is 17.7 Å². The molecule has 3 nitrogen and oxygen atoms in total. The van der Waals surface area contributed by atoms with Crippen LogP contribution in [0.3, 0.4) is 0 Å². The molecule has 1 aromatic rings. The van der Waals surface area contributed by atoms with E-state index in [4.69, 9.17) is 4.74 Å². The summed E-state index contributed by atoms with van der Waals surface area (Å²) in [4.78, 5) is 13.1. The second kappa shape index (κ2) is 8.23. The number of benzene rings is 1. The van der Waals surface area contributed by atoms with E-state index in [1.807, 2.05) is 30.0 Å². The highest BCUT2D eigenvalue weighted by Gasteiger charge is 2.20. The molecule has 0 spiro atoms. The number of rotatable bonds is 6. The third-order valence-corrected chi connectivity index (χ3v) is 4.20. The van der Waals surface area contributed by atoms with E-state index in [0.717, 1.165) is 44.6 Å². The van der Waals surface area contributed by atoms with Gasteiger partial charge in [0.05, 0.1) is 0 Å². The number of ether oxygens (including phenoxy) is 1. The van der Waals surface area contributed by atoms with Crippen LogP contribution in [0.25, 0.3) is 0 Å². The third-order valence-electron chi connectivity index (χ3n) is 3.10. The first-order valence-electron chi connectivity index (χ1n) is 6.93. The minimum atomic E-state index is -0.212. The Morgan fingerprint density at radius 3 is 2.89 bits per heavy atom. The van der Waals surface area contributed by atoms with Crippen LogP contribution in [0.4, 0.5) is 0 Å². The van der Waals surface area contributed by atoms with Crippen molar-refractivity contribution in [2.45, 2.75) is 36.7 Å². The molecule has 1 aromatic carbocycles. The average Bonchev–Trinajstić information content (AvgIpc) is 2.49. The van der Waals surface area contributed by atoms with Gasteiger partial charge in [0, 0.05) is 18.0 Å². The summed E-state index contributed by atoms with van der Waals surface area (Å²) in [5, 5.41) is 2.96. The minimum Gasteiger partial charge on any atom is -0.368 e. The number of nitrogens with one attached hydrogen (secondary N) is 1. The summed E-state index contributed by atoms with van der Waals surface area (Å²) in [5.41, 5.74) is 0. The van der Waals surface area contributed by atoms with Gasteiger partial charge < -0.3 is 10.1 Å². The van der Waals surface area contributed by atoms with Crippen molar-refractivity contribution in [3.05, 3.63) is 30.3 Å². The molecular weight excluding hydrogens is 258 g/mol.